The molecule has 0 fully saturated rings. The lowest BCUT2D eigenvalue weighted by Crippen LogP contribution is -2.11. The zero-order valence-corrected chi connectivity index (χ0v) is 15.8. The summed E-state index contributed by atoms with van der Waals surface area (Å²) in [4.78, 5) is 0.574. The Morgan fingerprint density at radius 3 is 2.60 bits per heavy atom. The van der Waals surface area contributed by atoms with E-state index in [9.17, 15) is 8.60 Å². The first-order valence-corrected chi connectivity index (χ1v) is 10.3. The van der Waals surface area contributed by atoms with E-state index in [4.69, 9.17) is 11.6 Å². The molecule has 0 saturated heterocycles. The Bertz CT molecular complexity index is 993. The fraction of sp³-hybridized carbons (Fsp3) is 0.300. The fourth-order valence-electron chi connectivity index (χ4n) is 4.01. The second-order valence-electron chi connectivity index (χ2n) is 6.63. The molecule has 4 rings (SSSR count). The molecular weight excluding hydrogens is 357 g/mol. The van der Waals surface area contributed by atoms with Crippen molar-refractivity contribution in [1.82, 2.24) is 4.57 Å². The number of benzene rings is 2. The molecule has 0 saturated carbocycles. The lowest BCUT2D eigenvalue weighted by Gasteiger charge is -2.20. The van der Waals surface area contributed by atoms with E-state index in [1.807, 2.05) is 24.3 Å². The van der Waals surface area contributed by atoms with E-state index in [1.165, 1.54) is 17.3 Å². The Hall–Kier alpha value is -1.65. The van der Waals surface area contributed by atoms with E-state index < -0.39 is 10.8 Å². The second kappa shape index (κ2) is 6.26. The van der Waals surface area contributed by atoms with Gasteiger partial charge in [0.05, 0.1) is 27.3 Å². The first-order valence-electron chi connectivity index (χ1n) is 8.41. The molecule has 25 heavy (non-hydrogen) atoms. The zero-order valence-electron chi connectivity index (χ0n) is 14.2. The summed E-state index contributed by atoms with van der Waals surface area (Å²) in [6, 6.07) is 10.9. The molecule has 0 spiro atoms. The van der Waals surface area contributed by atoms with Gasteiger partial charge in [-0.25, -0.2) is 4.39 Å². The SMILES string of the molecule is CC(c1ccc(Cl)cc1)n1c2c(c3cc(F)cc(S(C)=O)c31)CCC2. The van der Waals surface area contributed by atoms with Crippen molar-refractivity contribution in [3.8, 4) is 0 Å². The Balaban J connectivity index is 2.02. The number of aromatic nitrogens is 1. The largest absolute Gasteiger partial charge is 0.336 e. The minimum Gasteiger partial charge on any atom is -0.336 e. The number of hydrogen-bond acceptors (Lipinski definition) is 1. The van der Waals surface area contributed by atoms with Gasteiger partial charge >= 0.3 is 0 Å². The standard InChI is InChI=1S/C20H19ClFNOS/c1-12(13-6-8-14(21)9-7-13)23-18-5-3-4-16(18)17-10-15(22)11-19(20(17)23)25(2)24/h6-12H,3-5H2,1-2H3. The van der Waals surface area contributed by atoms with Crippen molar-refractivity contribution in [2.45, 2.75) is 37.1 Å². The van der Waals surface area contributed by atoms with Crippen molar-refractivity contribution in [2.24, 2.45) is 0 Å². The minimum atomic E-state index is -1.26. The molecular formula is C20H19ClFNOS. The number of halogens is 2. The summed E-state index contributed by atoms with van der Waals surface area (Å²) in [5.74, 6) is -0.316. The van der Waals surface area contributed by atoms with E-state index in [0.29, 0.717) is 9.92 Å². The van der Waals surface area contributed by atoms with E-state index in [2.05, 4.69) is 11.5 Å². The molecule has 0 radical (unpaired) electrons. The van der Waals surface area contributed by atoms with Crippen LogP contribution in [0.1, 0.15) is 36.2 Å². The zero-order chi connectivity index (χ0) is 17.7. The van der Waals surface area contributed by atoms with Crippen LogP contribution in [0.5, 0.6) is 0 Å². The van der Waals surface area contributed by atoms with Gasteiger partial charge in [0, 0.05) is 22.4 Å². The number of fused-ring (bicyclic) bond motifs is 3. The molecule has 0 bridgehead atoms. The third-order valence-electron chi connectivity index (χ3n) is 5.13. The highest BCUT2D eigenvalue weighted by atomic mass is 35.5. The lowest BCUT2D eigenvalue weighted by molar-refractivity contribution is 0.616. The van der Waals surface area contributed by atoms with Crippen LogP contribution in [0.15, 0.2) is 41.3 Å². The molecule has 3 aromatic rings. The monoisotopic (exact) mass is 375 g/mol. The van der Waals surface area contributed by atoms with Gasteiger partial charge in [-0.2, -0.15) is 0 Å². The van der Waals surface area contributed by atoms with Crippen LogP contribution in [0.4, 0.5) is 4.39 Å². The number of nitrogens with zero attached hydrogens (tertiary/aromatic N) is 1. The predicted molar refractivity (Wildman–Crippen MR) is 102 cm³/mol. The minimum absolute atomic E-state index is 0.0642. The van der Waals surface area contributed by atoms with Crippen LogP contribution in [-0.4, -0.2) is 15.0 Å². The van der Waals surface area contributed by atoms with Crippen LogP contribution in [0.3, 0.4) is 0 Å². The molecule has 2 aromatic carbocycles. The normalized spacial score (nSPS) is 16.2. The van der Waals surface area contributed by atoms with Crippen LogP contribution in [0, 0.1) is 5.82 Å². The highest BCUT2D eigenvalue weighted by Crippen LogP contribution is 2.39. The molecule has 0 amide bonds. The fourth-order valence-corrected chi connectivity index (χ4v) is 4.89. The van der Waals surface area contributed by atoms with Crippen molar-refractivity contribution < 1.29 is 8.60 Å². The summed E-state index contributed by atoms with van der Waals surface area (Å²) in [5.41, 5.74) is 4.50. The van der Waals surface area contributed by atoms with Gasteiger partial charge in [-0.3, -0.25) is 4.21 Å². The topological polar surface area (TPSA) is 22.0 Å². The molecule has 2 atom stereocenters. The molecule has 2 nitrogen and oxygen atoms in total. The van der Waals surface area contributed by atoms with Gasteiger partial charge in [0.1, 0.15) is 5.82 Å². The molecule has 0 aliphatic heterocycles. The van der Waals surface area contributed by atoms with E-state index in [0.717, 1.165) is 35.7 Å². The van der Waals surface area contributed by atoms with Crippen molar-refractivity contribution in [3.05, 3.63) is 64.1 Å². The van der Waals surface area contributed by atoms with Crippen molar-refractivity contribution >= 4 is 33.3 Å². The van der Waals surface area contributed by atoms with Gasteiger partial charge in [0.15, 0.2) is 0 Å². The molecule has 0 N–H and O–H groups in total. The average molecular weight is 376 g/mol. The van der Waals surface area contributed by atoms with Gasteiger partial charge in [-0.1, -0.05) is 23.7 Å². The van der Waals surface area contributed by atoms with Crippen molar-refractivity contribution in [2.75, 3.05) is 6.26 Å². The third kappa shape index (κ3) is 2.72. The van der Waals surface area contributed by atoms with Crippen LogP contribution >= 0.6 is 11.6 Å². The number of hydrogen-bond donors (Lipinski definition) is 0. The average Bonchev–Trinajstić information content (AvgIpc) is 3.15. The maximum Gasteiger partial charge on any atom is 0.125 e. The van der Waals surface area contributed by atoms with Gasteiger partial charge in [-0.15, -0.1) is 0 Å². The summed E-state index contributed by atoms with van der Waals surface area (Å²) in [5, 5.41) is 1.62. The van der Waals surface area contributed by atoms with Gasteiger partial charge in [0.2, 0.25) is 0 Å². The Morgan fingerprint density at radius 1 is 1.20 bits per heavy atom. The Morgan fingerprint density at radius 2 is 1.92 bits per heavy atom. The Kier molecular flexibility index (Phi) is 4.20. The van der Waals surface area contributed by atoms with Gasteiger partial charge in [-0.05, 0) is 61.6 Å². The van der Waals surface area contributed by atoms with Crippen molar-refractivity contribution in [1.29, 1.82) is 0 Å². The molecule has 2 unspecified atom stereocenters. The van der Waals surface area contributed by atoms with E-state index in [1.54, 1.807) is 12.3 Å². The molecule has 1 aliphatic carbocycles. The molecule has 5 heteroatoms. The maximum absolute atomic E-state index is 14.1. The van der Waals surface area contributed by atoms with Crippen LogP contribution < -0.4 is 0 Å². The summed E-state index contributed by atoms with van der Waals surface area (Å²) < 4.78 is 28.7. The van der Waals surface area contributed by atoms with Crippen molar-refractivity contribution in [3.63, 3.8) is 0 Å². The first-order chi connectivity index (χ1) is 12.0. The highest BCUT2D eigenvalue weighted by molar-refractivity contribution is 7.84. The summed E-state index contributed by atoms with van der Waals surface area (Å²) in [7, 11) is -1.26. The Labute approximate surface area is 154 Å². The highest BCUT2D eigenvalue weighted by Gasteiger charge is 2.27. The van der Waals surface area contributed by atoms with Crippen LogP contribution in [-0.2, 0) is 23.6 Å². The van der Waals surface area contributed by atoms with E-state index in [-0.39, 0.29) is 11.9 Å². The molecule has 1 heterocycles. The number of rotatable bonds is 3. The maximum atomic E-state index is 14.1. The summed E-state index contributed by atoms with van der Waals surface area (Å²) in [6.45, 7) is 2.13. The van der Waals surface area contributed by atoms with Gasteiger partial charge < -0.3 is 4.57 Å². The van der Waals surface area contributed by atoms with Crippen LogP contribution in [0.25, 0.3) is 10.9 Å². The molecule has 1 aliphatic rings. The number of aryl methyl sites for hydroxylation is 1. The predicted octanol–water partition coefficient (Wildman–Crippen LogP) is 5.27. The first kappa shape index (κ1) is 16.8. The summed E-state index contributed by atoms with van der Waals surface area (Å²) >= 11 is 6.03. The second-order valence-corrected chi connectivity index (χ2v) is 8.42. The lowest BCUT2D eigenvalue weighted by atomic mass is 10.1. The van der Waals surface area contributed by atoms with Crippen LogP contribution in [0.2, 0.25) is 5.02 Å². The van der Waals surface area contributed by atoms with Gasteiger partial charge in [0.25, 0.3) is 0 Å². The quantitative estimate of drug-likeness (QED) is 0.611. The molecule has 130 valence electrons. The summed E-state index contributed by atoms with van der Waals surface area (Å²) in [6.07, 6.45) is 4.61. The van der Waals surface area contributed by atoms with E-state index >= 15 is 0 Å². The third-order valence-corrected chi connectivity index (χ3v) is 6.32. The molecule has 1 aromatic heterocycles. The smallest absolute Gasteiger partial charge is 0.125 e.